The van der Waals surface area contributed by atoms with E-state index in [4.69, 9.17) is 25.5 Å². The van der Waals surface area contributed by atoms with Gasteiger partial charge in [0, 0.05) is 23.0 Å². The van der Waals surface area contributed by atoms with Crippen molar-refractivity contribution in [3.05, 3.63) is 0 Å². The van der Waals surface area contributed by atoms with Crippen LogP contribution in [0, 0.1) is 0 Å². The van der Waals surface area contributed by atoms with Crippen LogP contribution in [0.1, 0.15) is 12.8 Å². The van der Waals surface area contributed by atoms with Crippen molar-refractivity contribution in [2.24, 2.45) is 0 Å². The Balaban J connectivity index is -0.000000119. The van der Waals surface area contributed by atoms with Crippen molar-refractivity contribution in [2.45, 2.75) is 12.8 Å². The van der Waals surface area contributed by atoms with Gasteiger partial charge < -0.3 is 25.5 Å². The number of thiol groups is 3. The third-order valence-electron chi connectivity index (χ3n) is 1.22. The van der Waals surface area contributed by atoms with Crippen molar-refractivity contribution in [3.63, 3.8) is 0 Å². The number of aliphatic hydroxyl groups excluding tert-OH is 2. The second kappa shape index (κ2) is 31.8. The summed E-state index contributed by atoms with van der Waals surface area (Å²) in [6.45, 7) is 0.451. The van der Waals surface area contributed by atoms with Gasteiger partial charge in [-0.1, -0.05) is 21.6 Å². The van der Waals surface area contributed by atoms with Crippen LogP contribution in [0.2, 0.25) is 0 Å². The van der Waals surface area contributed by atoms with E-state index in [9.17, 15) is 14.4 Å². The minimum atomic E-state index is -0.881. The molecule has 0 rings (SSSR count). The van der Waals surface area contributed by atoms with Crippen molar-refractivity contribution >= 4 is 77.4 Å². The van der Waals surface area contributed by atoms with Gasteiger partial charge in [0.25, 0.3) is 0 Å². The number of rotatable bonds is 10. The molecule has 0 aromatic carbocycles. The zero-order valence-corrected chi connectivity index (χ0v) is 17.8. The Morgan fingerprint density at radius 2 is 0.960 bits per heavy atom. The standard InChI is InChI=1S/C4H10O2S2.2C3H6O2S.C2H4O2S/c5-1-3-7-8-4-2-6;2*4-3(5)1-2-6;3-2(4)1-5/h5-6H,1-4H2;2*6H,1-2H2,(H,4,5);5H,1H2,(H,3,4). The van der Waals surface area contributed by atoms with E-state index in [1.54, 1.807) is 21.6 Å². The van der Waals surface area contributed by atoms with Crippen molar-refractivity contribution in [2.75, 3.05) is 42.0 Å². The average molecular weight is 459 g/mol. The Kier molecular flexibility index (Phi) is 41.6. The summed E-state index contributed by atoms with van der Waals surface area (Å²) in [5, 5.41) is 39.9. The van der Waals surface area contributed by atoms with Gasteiger partial charge in [0.2, 0.25) is 0 Å². The van der Waals surface area contributed by atoms with Crippen LogP contribution in [-0.2, 0) is 14.4 Å². The van der Waals surface area contributed by atoms with E-state index in [0.717, 1.165) is 11.5 Å². The van der Waals surface area contributed by atoms with Crippen molar-refractivity contribution in [3.8, 4) is 0 Å². The maximum atomic E-state index is 9.55. The summed E-state index contributed by atoms with van der Waals surface area (Å²) in [6.07, 6.45) is 0.312. The van der Waals surface area contributed by atoms with Crippen LogP contribution < -0.4 is 0 Å². The molecule has 8 nitrogen and oxygen atoms in total. The fourth-order valence-electron chi connectivity index (χ4n) is 0.384. The Hall–Kier alpha value is 0.0800. The molecule has 152 valence electrons. The third-order valence-corrected chi connectivity index (χ3v) is 4.30. The molecule has 0 saturated heterocycles. The molecular weight excluding hydrogens is 432 g/mol. The Bertz CT molecular complexity index is 285. The van der Waals surface area contributed by atoms with Gasteiger partial charge in [-0.3, -0.25) is 14.4 Å². The highest BCUT2D eigenvalue weighted by molar-refractivity contribution is 8.76. The zero-order chi connectivity index (χ0) is 20.5. The molecule has 0 aliphatic carbocycles. The smallest absolute Gasteiger partial charge is 0.313 e. The molecule has 0 aliphatic rings. The molecular formula is C12H26O8S5. The van der Waals surface area contributed by atoms with Gasteiger partial charge in [-0.15, -0.1) is 0 Å². The van der Waals surface area contributed by atoms with E-state index in [-0.39, 0.29) is 31.8 Å². The summed E-state index contributed by atoms with van der Waals surface area (Å²) < 4.78 is 0. The van der Waals surface area contributed by atoms with Crippen LogP contribution in [0.5, 0.6) is 0 Å². The maximum Gasteiger partial charge on any atom is 0.313 e. The molecule has 0 heterocycles. The van der Waals surface area contributed by atoms with Crippen LogP contribution in [0.25, 0.3) is 0 Å². The minimum Gasteiger partial charge on any atom is -0.481 e. The molecule has 0 aromatic rings. The van der Waals surface area contributed by atoms with Crippen LogP contribution in [0.4, 0.5) is 0 Å². The van der Waals surface area contributed by atoms with Gasteiger partial charge >= 0.3 is 17.9 Å². The lowest BCUT2D eigenvalue weighted by molar-refractivity contribution is -0.137. The highest BCUT2D eigenvalue weighted by atomic mass is 33.1. The first-order valence-electron chi connectivity index (χ1n) is 6.67. The van der Waals surface area contributed by atoms with E-state index in [1.807, 2.05) is 0 Å². The fourth-order valence-corrected chi connectivity index (χ4v) is 2.31. The van der Waals surface area contributed by atoms with Gasteiger partial charge in [0.05, 0.1) is 31.8 Å². The van der Waals surface area contributed by atoms with Crippen LogP contribution in [0.3, 0.4) is 0 Å². The van der Waals surface area contributed by atoms with Crippen molar-refractivity contribution < 1.29 is 39.9 Å². The van der Waals surface area contributed by atoms with Crippen molar-refractivity contribution in [1.82, 2.24) is 0 Å². The number of aliphatic hydroxyl groups is 2. The fraction of sp³-hybridized carbons (Fsp3) is 0.750. The number of hydrogen-bond acceptors (Lipinski definition) is 10. The molecule has 0 atom stereocenters. The molecule has 5 N–H and O–H groups in total. The molecule has 25 heavy (non-hydrogen) atoms. The van der Waals surface area contributed by atoms with Gasteiger partial charge in [0.15, 0.2) is 0 Å². The van der Waals surface area contributed by atoms with Crippen LogP contribution in [-0.4, -0.2) is 85.4 Å². The minimum absolute atomic E-state index is 0.0833. The molecule has 0 unspecified atom stereocenters. The predicted octanol–water partition coefficient (Wildman–Crippen LogP) is 1.14. The first kappa shape index (κ1) is 32.7. The summed E-state index contributed by atoms with van der Waals surface area (Å²) in [6, 6.07) is 0. The van der Waals surface area contributed by atoms with E-state index in [2.05, 4.69) is 37.9 Å². The maximum absolute atomic E-state index is 9.55. The van der Waals surface area contributed by atoms with Gasteiger partial charge in [-0.05, 0) is 0 Å². The van der Waals surface area contributed by atoms with Crippen LogP contribution in [0.15, 0.2) is 0 Å². The molecule has 0 aromatic heterocycles. The molecule has 13 heteroatoms. The van der Waals surface area contributed by atoms with E-state index >= 15 is 0 Å². The Morgan fingerprint density at radius 3 is 1.04 bits per heavy atom. The lowest BCUT2D eigenvalue weighted by atomic mass is 10.5. The van der Waals surface area contributed by atoms with E-state index < -0.39 is 17.9 Å². The molecule has 0 aliphatic heterocycles. The SMILES string of the molecule is O=C(O)CCS.O=C(O)CCS.O=C(O)CS.OCCSSCCO. The summed E-state index contributed by atoms with van der Waals surface area (Å²) in [4.78, 5) is 28.4. The van der Waals surface area contributed by atoms with Crippen LogP contribution >= 0.6 is 59.5 Å². The highest BCUT2D eigenvalue weighted by Gasteiger charge is 1.88. The predicted molar refractivity (Wildman–Crippen MR) is 113 cm³/mol. The van der Waals surface area contributed by atoms with Gasteiger partial charge in [-0.25, -0.2) is 0 Å². The first-order chi connectivity index (χ1) is 11.7. The lowest BCUT2D eigenvalue weighted by Gasteiger charge is -1.93. The molecule has 0 saturated carbocycles. The second-order valence-corrected chi connectivity index (χ2v) is 7.29. The topological polar surface area (TPSA) is 152 Å². The molecule has 0 spiro atoms. The highest BCUT2D eigenvalue weighted by Crippen LogP contribution is 2.18. The second-order valence-electron chi connectivity index (χ2n) is 3.38. The van der Waals surface area contributed by atoms with Gasteiger partial charge in [0.1, 0.15) is 0 Å². The molecule has 0 fully saturated rings. The largest absolute Gasteiger partial charge is 0.481 e. The summed E-state index contributed by atoms with van der Waals surface area (Å²) >= 11 is 10.8. The number of carbonyl (C=O) groups is 3. The summed E-state index contributed by atoms with van der Waals surface area (Å²) in [7, 11) is 3.17. The number of carboxylic acid groups (broad SMARTS) is 3. The lowest BCUT2D eigenvalue weighted by Crippen LogP contribution is -1.93. The number of aliphatic carboxylic acids is 3. The number of carboxylic acids is 3. The quantitative estimate of drug-likeness (QED) is 0.136. The summed E-state index contributed by atoms with van der Waals surface area (Å²) in [5.74, 6) is -0.177. The Labute approximate surface area is 171 Å². The monoisotopic (exact) mass is 458 g/mol. The van der Waals surface area contributed by atoms with E-state index in [1.165, 1.54) is 0 Å². The molecule has 0 amide bonds. The van der Waals surface area contributed by atoms with Gasteiger partial charge in [-0.2, -0.15) is 37.9 Å². The first-order valence-corrected chi connectivity index (χ1v) is 11.1. The molecule has 0 radical (unpaired) electrons. The zero-order valence-electron chi connectivity index (χ0n) is 13.5. The summed E-state index contributed by atoms with van der Waals surface area (Å²) in [5.41, 5.74) is 0. The normalized spacial score (nSPS) is 8.52. The Morgan fingerprint density at radius 1 is 0.680 bits per heavy atom. The molecule has 0 bridgehead atoms. The van der Waals surface area contributed by atoms with Crippen molar-refractivity contribution in [1.29, 1.82) is 0 Å². The van der Waals surface area contributed by atoms with E-state index in [0.29, 0.717) is 11.5 Å². The average Bonchev–Trinajstić information content (AvgIpc) is 2.53. The number of hydrogen-bond donors (Lipinski definition) is 8. The third kappa shape index (κ3) is 68.6.